The van der Waals surface area contributed by atoms with E-state index in [2.05, 4.69) is 90.2 Å². The number of furan rings is 2. The molecule has 0 fully saturated rings. The summed E-state index contributed by atoms with van der Waals surface area (Å²) in [6.45, 7) is 0. The number of nitrogens with one attached hydrogen (secondary N) is 1. The summed E-state index contributed by atoms with van der Waals surface area (Å²) in [7, 11) is 0. The van der Waals surface area contributed by atoms with Crippen LogP contribution >= 0.6 is 0 Å². The maximum Gasteiger partial charge on any atom is 0.169 e. The summed E-state index contributed by atoms with van der Waals surface area (Å²) in [5.41, 5.74) is 8.55. The fourth-order valence-corrected chi connectivity index (χ4v) is 6.31. The zero-order chi connectivity index (χ0) is 29.0. The normalized spacial score (nSPS) is 15.0. The minimum absolute atomic E-state index is 0.460. The number of hydrogen-bond acceptors (Lipinski definition) is 5. The molecule has 6 aromatic carbocycles. The molecule has 1 aliphatic heterocycles. The van der Waals surface area contributed by atoms with Gasteiger partial charge < -0.3 is 14.2 Å². The first-order chi connectivity index (χ1) is 21.8. The Bertz CT molecular complexity index is 2430. The van der Waals surface area contributed by atoms with Crippen molar-refractivity contribution in [3.8, 4) is 11.1 Å². The van der Waals surface area contributed by atoms with E-state index < -0.39 is 6.17 Å². The molecular formula is C39H25N3O2. The maximum absolute atomic E-state index is 6.23. The molecule has 3 heterocycles. The average molecular weight is 568 g/mol. The summed E-state index contributed by atoms with van der Waals surface area (Å²) in [6.07, 6.45) is -0.460. The number of fused-ring (bicyclic) bond motifs is 6. The van der Waals surface area contributed by atoms with Gasteiger partial charge in [-0.2, -0.15) is 0 Å². The lowest BCUT2D eigenvalue weighted by Crippen LogP contribution is -2.36. The molecule has 1 N–H and O–H groups in total. The molecule has 1 aliphatic rings. The van der Waals surface area contributed by atoms with Crippen LogP contribution in [0.4, 0.5) is 0 Å². The smallest absolute Gasteiger partial charge is 0.169 e. The van der Waals surface area contributed by atoms with Crippen LogP contribution in [0, 0.1) is 0 Å². The van der Waals surface area contributed by atoms with Crippen molar-refractivity contribution in [2.45, 2.75) is 6.17 Å². The molecule has 0 aliphatic carbocycles. The Morgan fingerprint density at radius 3 is 1.93 bits per heavy atom. The van der Waals surface area contributed by atoms with E-state index in [0.717, 1.165) is 83.4 Å². The molecule has 0 amide bonds. The number of amidine groups is 2. The zero-order valence-corrected chi connectivity index (χ0v) is 23.6. The fourth-order valence-electron chi connectivity index (χ4n) is 6.31. The van der Waals surface area contributed by atoms with E-state index in [4.69, 9.17) is 18.8 Å². The number of hydrogen-bond donors (Lipinski definition) is 1. The van der Waals surface area contributed by atoms with Crippen molar-refractivity contribution in [3.63, 3.8) is 0 Å². The lowest BCUT2D eigenvalue weighted by atomic mass is 9.94. The van der Waals surface area contributed by atoms with Crippen LogP contribution in [0.2, 0.25) is 0 Å². The molecule has 5 nitrogen and oxygen atoms in total. The van der Waals surface area contributed by atoms with Crippen molar-refractivity contribution >= 4 is 55.5 Å². The van der Waals surface area contributed by atoms with Crippen molar-refractivity contribution in [2.75, 3.05) is 0 Å². The minimum Gasteiger partial charge on any atom is -0.456 e. The Hall–Kier alpha value is -5.94. The Morgan fingerprint density at radius 1 is 0.455 bits per heavy atom. The van der Waals surface area contributed by atoms with E-state index in [0.29, 0.717) is 0 Å². The van der Waals surface area contributed by atoms with Crippen molar-refractivity contribution in [1.29, 1.82) is 0 Å². The number of benzene rings is 6. The second-order valence-electron chi connectivity index (χ2n) is 11.0. The highest BCUT2D eigenvalue weighted by molar-refractivity contribution is 6.20. The first-order valence-corrected chi connectivity index (χ1v) is 14.7. The molecule has 0 spiro atoms. The van der Waals surface area contributed by atoms with Gasteiger partial charge in [0, 0.05) is 38.2 Å². The summed E-state index contributed by atoms with van der Waals surface area (Å²) in [5.74, 6) is 1.53. The van der Waals surface area contributed by atoms with Gasteiger partial charge in [0.2, 0.25) is 0 Å². The number of rotatable bonds is 4. The monoisotopic (exact) mass is 567 g/mol. The lowest BCUT2D eigenvalue weighted by Gasteiger charge is -2.23. The van der Waals surface area contributed by atoms with Crippen molar-refractivity contribution in [3.05, 3.63) is 156 Å². The highest BCUT2D eigenvalue weighted by Gasteiger charge is 2.24. The van der Waals surface area contributed by atoms with Gasteiger partial charge in [-0.15, -0.1) is 0 Å². The molecular weight excluding hydrogens is 542 g/mol. The van der Waals surface area contributed by atoms with Crippen LogP contribution in [-0.2, 0) is 0 Å². The molecule has 8 aromatic rings. The summed E-state index contributed by atoms with van der Waals surface area (Å²) in [5, 5.41) is 7.96. The van der Waals surface area contributed by atoms with Gasteiger partial charge in [0.15, 0.2) is 6.17 Å². The molecule has 5 heteroatoms. The van der Waals surface area contributed by atoms with E-state index in [1.165, 1.54) is 0 Å². The zero-order valence-electron chi connectivity index (χ0n) is 23.6. The predicted octanol–water partition coefficient (Wildman–Crippen LogP) is 9.65. The van der Waals surface area contributed by atoms with Gasteiger partial charge in [0.25, 0.3) is 0 Å². The summed E-state index contributed by atoms with van der Waals surface area (Å²) in [6, 6.07) is 47.5. The fraction of sp³-hybridized carbons (Fsp3) is 0.0256. The Morgan fingerprint density at radius 2 is 1.07 bits per heavy atom. The van der Waals surface area contributed by atoms with Crippen LogP contribution in [0.1, 0.15) is 22.9 Å². The van der Waals surface area contributed by atoms with Crippen LogP contribution in [0.5, 0.6) is 0 Å². The molecule has 0 radical (unpaired) electrons. The van der Waals surface area contributed by atoms with Crippen LogP contribution in [0.3, 0.4) is 0 Å². The molecule has 1 unspecified atom stereocenters. The third-order valence-corrected chi connectivity index (χ3v) is 8.36. The van der Waals surface area contributed by atoms with Gasteiger partial charge in [0.1, 0.15) is 34.0 Å². The van der Waals surface area contributed by atoms with Crippen LogP contribution in [-0.4, -0.2) is 11.7 Å². The van der Waals surface area contributed by atoms with Gasteiger partial charge in [0.05, 0.1) is 0 Å². The largest absolute Gasteiger partial charge is 0.456 e. The van der Waals surface area contributed by atoms with Gasteiger partial charge >= 0.3 is 0 Å². The highest BCUT2D eigenvalue weighted by Crippen LogP contribution is 2.39. The van der Waals surface area contributed by atoms with E-state index in [1.54, 1.807) is 0 Å². The first-order valence-electron chi connectivity index (χ1n) is 14.7. The second-order valence-corrected chi connectivity index (χ2v) is 11.0. The van der Waals surface area contributed by atoms with Crippen molar-refractivity contribution in [2.24, 2.45) is 9.98 Å². The molecule has 9 rings (SSSR count). The van der Waals surface area contributed by atoms with Crippen LogP contribution in [0.15, 0.2) is 158 Å². The minimum atomic E-state index is -0.460. The van der Waals surface area contributed by atoms with Crippen molar-refractivity contribution in [1.82, 2.24) is 5.32 Å². The van der Waals surface area contributed by atoms with Gasteiger partial charge in [-0.3, -0.25) is 0 Å². The number of aliphatic imine (C=N–C) groups is 2. The standard InChI is InChI=1S/C39H25N3O2/c1-2-11-24(12-3-1)37-40-38(25-21-22-28-27-14-6-8-18-32(27)44-35(28)23-25)42-39(41-37)30-15-5-4-13-26(30)29-17-10-20-34-36(29)31-16-7-9-19-33(31)43-34/h1-23,38H,(H,40,41,42). The highest BCUT2D eigenvalue weighted by atomic mass is 16.3. The topological polar surface area (TPSA) is 63.0 Å². The van der Waals surface area contributed by atoms with Crippen molar-refractivity contribution < 1.29 is 8.83 Å². The lowest BCUT2D eigenvalue weighted by molar-refractivity contribution is 0.665. The van der Waals surface area contributed by atoms with E-state index in [1.807, 2.05) is 54.6 Å². The van der Waals surface area contributed by atoms with Gasteiger partial charge in [-0.1, -0.05) is 115 Å². The van der Waals surface area contributed by atoms with Crippen LogP contribution in [0.25, 0.3) is 55.0 Å². The number of para-hydroxylation sites is 2. The molecule has 208 valence electrons. The first kappa shape index (κ1) is 24.6. The molecule has 2 aromatic heterocycles. The summed E-state index contributed by atoms with van der Waals surface area (Å²) in [4.78, 5) is 10.3. The van der Waals surface area contributed by atoms with E-state index in [-0.39, 0.29) is 0 Å². The summed E-state index contributed by atoms with van der Waals surface area (Å²) >= 11 is 0. The Labute approximate surface area is 252 Å². The second kappa shape index (κ2) is 9.82. The van der Waals surface area contributed by atoms with Crippen LogP contribution < -0.4 is 5.32 Å². The number of nitrogens with zero attached hydrogens (tertiary/aromatic N) is 2. The quantitative estimate of drug-likeness (QED) is 0.230. The van der Waals surface area contributed by atoms with Gasteiger partial charge in [-0.25, -0.2) is 9.98 Å². The predicted molar refractivity (Wildman–Crippen MR) is 178 cm³/mol. The third kappa shape index (κ3) is 3.94. The molecule has 0 saturated heterocycles. The Kier molecular flexibility index (Phi) is 5.50. The molecule has 0 bridgehead atoms. The Balaban J connectivity index is 1.23. The SMILES string of the molecule is c1ccc(C2=NC(c3ccc4c(c3)oc3ccccc34)N=C(c3ccccc3-c3cccc4oc5ccccc5c34)N2)cc1. The summed E-state index contributed by atoms with van der Waals surface area (Å²) < 4.78 is 12.5. The third-order valence-electron chi connectivity index (χ3n) is 8.36. The van der Waals surface area contributed by atoms with E-state index >= 15 is 0 Å². The molecule has 0 saturated carbocycles. The van der Waals surface area contributed by atoms with Gasteiger partial charge in [-0.05, 0) is 35.4 Å². The maximum atomic E-state index is 6.23. The average Bonchev–Trinajstić information content (AvgIpc) is 3.66. The molecule has 1 atom stereocenters. The van der Waals surface area contributed by atoms with E-state index in [9.17, 15) is 0 Å². The molecule has 44 heavy (non-hydrogen) atoms.